The second-order valence-electron chi connectivity index (χ2n) is 11.4. The van der Waals surface area contributed by atoms with Crippen LogP contribution in [0.3, 0.4) is 0 Å². The molecule has 4 aromatic carbocycles. The summed E-state index contributed by atoms with van der Waals surface area (Å²) in [5.41, 5.74) is 2.54. The number of carbonyl (C=O) groups excluding carboxylic acids is 2. The van der Waals surface area contributed by atoms with Crippen molar-refractivity contribution >= 4 is 101 Å². The number of nitrogens with zero attached hydrogens (tertiary/aromatic N) is 2. The monoisotopic (exact) mass is 944 g/mol. The SMILES string of the molecule is C=COCCOCC(=O)c1cc2ocnc2c(F)c1Cc1ccc(Br)cc1Cl.Cl.O=C(COCCO)c1cc2ocnc2c(F)c1Cc1ccc(Br)cc1Cl. The first-order valence-electron chi connectivity index (χ1n) is 16.0. The third kappa shape index (κ3) is 11.2. The smallest absolute Gasteiger partial charge is 0.188 e. The zero-order valence-corrected chi connectivity index (χ0v) is 34.1. The fourth-order valence-electron chi connectivity index (χ4n) is 5.30. The Hall–Kier alpha value is -3.73. The maximum atomic E-state index is 15.1. The number of rotatable bonds is 16. The lowest BCUT2D eigenvalue weighted by Crippen LogP contribution is -2.15. The second-order valence-corrected chi connectivity index (χ2v) is 14.0. The van der Waals surface area contributed by atoms with Crippen LogP contribution in [-0.4, -0.2) is 66.3 Å². The lowest BCUT2D eigenvalue weighted by Gasteiger charge is -2.12. The Labute approximate surface area is 346 Å². The van der Waals surface area contributed by atoms with Crippen molar-refractivity contribution in [1.82, 2.24) is 9.97 Å². The molecule has 0 aliphatic rings. The minimum Gasteiger partial charge on any atom is -0.499 e. The molecule has 0 bridgehead atoms. The number of aliphatic hydroxyl groups excluding tert-OH is 1. The molecule has 2 heterocycles. The van der Waals surface area contributed by atoms with E-state index in [9.17, 15) is 9.59 Å². The number of benzene rings is 4. The highest BCUT2D eigenvalue weighted by Gasteiger charge is 2.24. The summed E-state index contributed by atoms with van der Waals surface area (Å²) >= 11 is 19.2. The topological polar surface area (TPSA) is 134 Å². The Morgan fingerprint density at radius 3 is 1.64 bits per heavy atom. The first-order chi connectivity index (χ1) is 26.0. The molecule has 0 radical (unpaired) electrons. The molecule has 17 heteroatoms. The first-order valence-corrected chi connectivity index (χ1v) is 18.4. The van der Waals surface area contributed by atoms with Gasteiger partial charge in [-0.25, -0.2) is 18.7 Å². The van der Waals surface area contributed by atoms with Crippen LogP contribution in [0, 0.1) is 11.6 Å². The van der Waals surface area contributed by atoms with Crippen molar-refractivity contribution in [3.05, 3.63) is 138 Å². The number of Topliss-reactive ketones (excluding diaryl/α,β-unsaturated/α-hetero) is 2. The summed E-state index contributed by atoms with van der Waals surface area (Å²) in [6.45, 7) is 3.22. The molecule has 0 unspecified atom stereocenters. The molecule has 290 valence electrons. The molecule has 0 aliphatic carbocycles. The van der Waals surface area contributed by atoms with Crippen LogP contribution in [0.15, 0.2) is 91.9 Å². The Morgan fingerprint density at radius 2 is 1.22 bits per heavy atom. The van der Waals surface area contributed by atoms with Crippen LogP contribution < -0.4 is 0 Å². The van der Waals surface area contributed by atoms with Gasteiger partial charge in [0, 0.05) is 54.1 Å². The average molecular weight is 948 g/mol. The van der Waals surface area contributed by atoms with Crippen LogP contribution in [0.4, 0.5) is 8.78 Å². The number of halogens is 7. The highest BCUT2D eigenvalue weighted by atomic mass is 79.9. The Balaban J connectivity index is 0.000000241. The lowest BCUT2D eigenvalue weighted by atomic mass is 9.96. The molecule has 0 saturated carbocycles. The largest absolute Gasteiger partial charge is 0.499 e. The van der Waals surface area contributed by atoms with Crippen molar-refractivity contribution in [2.75, 3.05) is 39.6 Å². The van der Waals surface area contributed by atoms with Crippen LogP contribution in [0.2, 0.25) is 10.0 Å². The van der Waals surface area contributed by atoms with E-state index in [1.807, 2.05) is 0 Å². The van der Waals surface area contributed by atoms with Crippen LogP contribution in [-0.2, 0) is 27.1 Å². The number of aromatic nitrogens is 2. The molecular formula is C38H31Br2Cl3F2N2O8. The number of carbonyl (C=O) groups is 2. The predicted molar refractivity (Wildman–Crippen MR) is 213 cm³/mol. The number of aliphatic hydroxyl groups is 1. The second kappa shape index (κ2) is 21.0. The van der Waals surface area contributed by atoms with Crippen molar-refractivity contribution in [3.8, 4) is 0 Å². The van der Waals surface area contributed by atoms with E-state index in [-0.39, 0.29) is 115 Å². The third-order valence-electron chi connectivity index (χ3n) is 7.87. The molecule has 0 saturated heterocycles. The Bertz CT molecular complexity index is 2300. The summed E-state index contributed by atoms with van der Waals surface area (Å²) in [7, 11) is 0. The highest BCUT2D eigenvalue weighted by molar-refractivity contribution is 9.10. The van der Waals surface area contributed by atoms with E-state index in [1.54, 1.807) is 36.4 Å². The van der Waals surface area contributed by atoms with Gasteiger partial charge in [-0.3, -0.25) is 9.59 Å². The van der Waals surface area contributed by atoms with Gasteiger partial charge >= 0.3 is 0 Å². The van der Waals surface area contributed by atoms with Gasteiger partial charge in [0.2, 0.25) is 0 Å². The zero-order valence-electron chi connectivity index (χ0n) is 28.6. The number of hydrogen-bond acceptors (Lipinski definition) is 10. The van der Waals surface area contributed by atoms with E-state index in [0.717, 1.165) is 21.7 Å². The van der Waals surface area contributed by atoms with E-state index < -0.39 is 17.4 Å². The third-order valence-corrected chi connectivity index (χ3v) is 9.56. The fourth-order valence-corrected chi connectivity index (χ4v) is 6.78. The first kappa shape index (κ1) is 44.0. The van der Waals surface area contributed by atoms with Gasteiger partial charge in [-0.2, -0.15) is 0 Å². The summed E-state index contributed by atoms with van der Waals surface area (Å²) in [5.74, 6) is -2.03. The van der Waals surface area contributed by atoms with E-state index in [1.165, 1.54) is 18.4 Å². The van der Waals surface area contributed by atoms with Crippen LogP contribution in [0.25, 0.3) is 22.2 Å². The zero-order chi connectivity index (χ0) is 38.8. The van der Waals surface area contributed by atoms with E-state index in [0.29, 0.717) is 21.2 Å². The minimum atomic E-state index is -0.624. The molecule has 2 aromatic heterocycles. The van der Waals surface area contributed by atoms with Crippen LogP contribution >= 0.6 is 67.5 Å². The normalized spacial score (nSPS) is 10.9. The maximum Gasteiger partial charge on any atom is 0.188 e. The van der Waals surface area contributed by atoms with Gasteiger partial charge in [0.25, 0.3) is 0 Å². The molecule has 6 aromatic rings. The van der Waals surface area contributed by atoms with Crippen LogP contribution in [0.1, 0.15) is 43.0 Å². The van der Waals surface area contributed by atoms with Crippen molar-refractivity contribution in [2.24, 2.45) is 0 Å². The van der Waals surface area contributed by atoms with Crippen LogP contribution in [0.5, 0.6) is 0 Å². The molecule has 0 atom stereocenters. The summed E-state index contributed by atoms with van der Waals surface area (Å²) in [5, 5.41) is 9.69. The number of ketones is 2. The summed E-state index contributed by atoms with van der Waals surface area (Å²) in [6, 6.07) is 13.5. The summed E-state index contributed by atoms with van der Waals surface area (Å²) in [6.07, 6.45) is 3.80. The minimum absolute atomic E-state index is 0. The van der Waals surface area contributed by atoms with E-state index >= 15 is 8.78 Å². The van der Waals surface area contributed by atoms with Crippen molar-refractivity contribution < 1.29 is 46.5 Å². The molecular weight excluding hydrogens is 917 g/mol. The highest BCUT2D eigenvalue weighted by Crippen LogP contribution is 2.32. The van der Waals surface area contributed by atoms with Gasteiger partial charge in [0.1, 0.15) is 30.9 Å². The number of fused-ring (bicyclic) bond motifs is 2. The quantitative estimate of drug-likeness (QED) is 0.0568. The van der Waals surface area contributed by atoms with E-state index in [4.69, 9.17) is 51.4 Å². The average Bonchev–Trinajstić information content (AvgIpc) is 3.83. The molecule has 55 heavy (non-hydrogen) atoms. The molecule has 0 spiro atoms. The lowest BCUT2D eigenvalue weighted by molar-refractivity contribution is 0.0637. The predicted octanol–water partition coefficient (Wildman–Crippen LogP) is 9.92. The van der Waals surface area contributed by atoms with Gasteiger partial charge in [-0.15, -0.1) is 12.4 Å². The number of ether oxygens (including phenoxy) is 3. The molecule has 0 fully saturated rings. The molecule has 0 aliphatic heterocycles. The van der Waals surface area contributed by atoms with Gasteiger partial charge in [-0.05, 0) is 47.5 Å². The van der Waals surface area contributed by atoms with Crippen molar-refractivity contribution in [1.29, 1.82) is 0 Å². The summed E-state index contributed by atoms with van der Waals surface area (Å²) < 4.78 is 57.4. The Kier molecular flexibility index (Phi) is 16.8. The molecule has 10 nitrogen and oxygen atoms in total. The number of oxazole rings is 2. The van der Waals surface area contributed by atoms with Gasteiger partial charge in [-0.1, -0.05) is 73.8 Å². The van der Waals surface area contributed by atoms with Gasteiger partial charge in [0.05, 0.1) is 26.1 Å². The molecule has 0 amide bonds. The molecule has 6 rings (SSSR count). The van der Waals surface area contributed by atoms with E-state index in [2.05, 4.69) is 48.4 Å². The van der Waals surface area contributed by atoms with Gasteiger partial charge < -0.3 is 28.2 Å². The van der Waals surface area contributed by atoms with Gasteiger partial charge in [0.15, 0.2) is 47.2 Å². The van der Waals surface area contributed by atoms with Crippen molar-refractivity contribution in [3.63, 3.8) is 0 Å². The van der Waals surface area contributed by atoms with Crippen molar-refractivity contribution in [2.45, 2.75) is 12.8 Å². The maximum absolute atomic E-state index is 15.1. The standard InChI is InChI=1S/C20H16BrClFNO4.C18H14BrClFNO4.ClH/c1-2-26-5-6-27-10-17(25)14-9-18-20(24-11-28-18)19(23)15(14)7-12-3-4-13(21)8-16(12)22;19-11-2-1-10(14(20)6-11)5-13-12(15(24)8-25-4-3-23)7-16-18(17(13)21)22-9-26-16;/h2-4,8-9,11H,1,5-7,10H2;1-2,6-7,9,23H,3-5,8H2;1H. The Morgan fingerprint density at radius 1 is 0.764 bits per heavy atom. The number of hydrogen-bond donors (Lipinski definition) is 1. The summed E-state index contributed by atoms with van der Waals surface area (Å²) in [4.78, 5) is 33.0. The molecule has 1 N–H and O–H groups in total. The fraction of sp³-hybridized carbons (Fsp3) is 0.211.